The lowest BCUT2D eigenvalue weighted by Gasteiger charge is -2.38. The van der Waals surface area contributed by atoms with Gasteiger partial charge < -0.3 is 10.1 Å². The second kappa shape index (κ2) is 8.91. The highest BCUT2D eigenvalue weighted by Crippen LogP contribution is 2.39. The number of ether oxygens (including phenoxy) is 1. The third-order valence-electron chi connectivity index (χ3n) is 6.40. The Morgan fingerprint density at radius 3 is 2.61 bits per heavy atom. The van der Waals surface area contributed by atoms with Crippen LogP contribution in [0.15, 0.2) is 42.6 Å². The van der Waals surface area contributed by atoms with Crippen LogP contribution in [0.4, 0.5) is 0 Å². The Kier molecular flexibility index (Phi) is 6.10. The van der Waals surface area contributed by atoms with E-state index in [1.54, 1.807) is 6.20 Å². The lowest BCUT2D eigenvalue weighted by molar-refractivity contribution is 0.0639. The molecular formula is C23H31N3O2. The fourth-order valence-electron chi connectivity index (χ4n) is 4.82. The van der Waals surface area contributed by atoms with Gasteiger partial charge in [-0.05, 0) is 49.1 Å². The monoisotopic (exact) mass is 381 g/mol. The zero-order valence-electron chi connectivity index (χ0n) is 16.6. The molecule has 0 unspecified atom stereocenters. The molecule has 1 aliphatic heterocycles. The number of hydrogen-bond donors (Lipinski definition) is 1. The maximum absolute atomic E-state index is 13.0. The van der Waals surface area contributed by atoms with Crippen LogP contribution in [0.3, 0.4) is 0 Å². The molecule has 1 saturated carbocycles. The van der Waals surface area contributed by atoms with Crippen molar-refractivity contribution in [2.45, 2.75) is 57.4 Å². The number of hydrogen-bond acceptors (Lipinski definition) is 3. The maximum Gasteiger partial charge on any atom is 0.269 e. The molecule has 1 amide bonds. The molecule has 5 heteroatoms. The van der Waals surface area contributed by atoms with Crippen LogP contribution in [0.2, 0.25) is 0 Å². The van der Waals surface area contributed by atoms with Gasteiger partial charge in [-0.3, -0.25) is 9.48 Å². The molecule has 1 N–H and O–H groups in total. The van der Waals surface area contributed by atoms with Crippen LogP contribution in [0.5, 0.6) is 0 Å². The minimum absolute atomic E-state index is 0.00185. The Bertz CT molecular complexity index is 759. The van der Waals surface area contributed by atoms with Gasteiger partial charge in [0.25, 0.3) is 5.91 Å². The molecule has 0 atom stereocenters. The first-order chi connectivity index (χ1) is 13.8. The standard InChI is InChI=1S/C23H31N3O2/c27-22(21-9-14-25-26(21)20-10-15-28-16-11-20)24-18-23(12-5-2-6-13-23)17-19-7-3-1-4-8-19/h1,3-4,7-9,14,20H,2,5-6,10-13,15-18H2,(H,24,27). The number of rotatable bonds is 6. The van der Waals surface area contributed by atoms with E-state index < -0.39 is 0 Å². The first kappa shape index (κ1) is 19.2. The molecule has 2 heterocycles. The number of carbonyl (C=O) groups excluding carboxylic acids is 1. The summed E-state index contributed by atoms with van der Waals surface area (Å²) < 4.78 is 7.36. The largest absolute Gasteiger partial charge is 0.381 e. The first-order valence-corrected chi connectivity index (χ1v) is 10.7. The third kappa shape index (κ3) is 4.46. The predicted molar refractivity (Wildman–Crippen MR) is 109 cm³/mol. The van der Waals surface area contributed by atoms with Crippen LogP contribution >= 0.6 is 0 Å². The molecule has 0 radical (unpaired) electrons. The smallest absolute Gasteiger partial charge is 0.269 e. The Labute approximate surface area is 167 Å². The minimum atomic E-state index is 0.00185. The summed E-state index contributed by atoms with van der Waals surface area (Å²) in [6.45, 7) is 2.22. The highest BCUT2D eigenvalue weighted by atomic mass is 16.5. The summed E-state index contributed by atoms with van der Waals surface area (Å²) in [5.74, 6) is 0.00185. The van der Waals surface area contributed by atoms with Gasteiger partial charge in [-0.2, -0.15) is 5.10 Å². The SMILES string of the molecule is O=C(NCC1(Cc2ccccc2)CCCCC1)c1ccnn1C1CCOCC1. The minimum Gasteiger partial charge on any atom is -0.381 e. The summed E-state index contributed by atoms with van der Waals surface area (Å²) in [4.78, 5) is 13.0. The van der Waals surface area contributed by atoms with E-state index in [0.29, 0.717) is 5.69 Å². The van der Waals surface area contributed by atoms with Crippen molar-refractivity contribution in [3.05, 3.63) is 53.9 Å². The molecule has 0 bridgehead atoms. The Balaban J connectivity index is 1.44. The first-order valence-electron chi connectivity index (χ1n) is 10.7. The van der Waals surface area contributed by atoms with E-state index >= 15 is 0 Å². The van der Waals surface area contributed by atoms with Crippen molar-refractivity contribution >= 4 is 5.91 Å². The van der Waals surface area contributed by atoms with E-state index in [2.05, 4.69) is 40.7 Å². The maximum atomic E-state index is 13.0. The van der Waals surface area contributed by atoms with Crippen molar-refractivity contribution in [1.29, 1.82) is 0 Å². The molecule has 1 aliphatic carbocycles. The average Bonchev–Trinajstić information content (AvgIpc) is 3.24. The number of aromatic nitrogens is 2. The zero-order valence-corrected chi connectivity index (χ0v) is 16.6. The van der Waals surface area contributed by atoms with E-state index in [1.165, 1.54) is 37.7 Å². The van der Waals surface area contributed by atoms with Crippen LogP contribution in [0.25, 0.3) is 0 Å². The number of carbonyl (C=O) groups is 1. The second-order valence-electron chi connectivity index (χ2n) is 8.41. The van der Waals surface area contributed by atoms with Crippen molar-refractivity contribution in [2.24, 2.45) is 5.41 Å². The summed E-state index contributed by atoms with van der Waals surface area (Å²) in [5, 5.41) is 7.71. The van der Waals surface area contributed by atoms with Crippen molar-refractivity contribution in [3.8, 4) is 0 Å². The van der Waals surface area contributed by atoms with Gasteiger partial charge in [0, 0.05) is 26.0 Å². The molecule has 1 aromatic carbocycles. The average molecular weight is 382 g/mol. The molecule has 0 spiro atoms. The fraction of sp³-hybridized carbons (Fsp3) is 0.565. The van der Waals surface area contributed by atoms with Crippen LogP contribution in [0.1, 0.15) is 67.0 Å². The van der Waals surface area contributed by atoms with Crippen LogP contribution in [0, 0.1) is 5.41 Å². The molecule has 150 valence electrons. The fourth-order valence-corrected chi connectivity index (χ4v) is 4.82. The van der Waals surface area contributed by atoms with Gasteiger partial charge >= 0.3 is 0 Å². The van der Waals surface area contributed by atoms with E-state index in [-0.39, 0.29) is 17.4 Å². The van der Waals surface area contributed by atoms with Gasteiger partial charge in [0.05, 0.1) is 6.04 Å². The molecule has 28 heavy (non-hydrogen) atoms. The summed E-state index contributed by atoms with van der Waals surface area (Å²) in [5.41, 5.74) is 2.21. The van der Waals surface area contributed by atoms with Crippen molar-refractivity contribution < 1.29 is 9.53 Å². The third-order valence-corrected chi connectivity index (χ3v) is 6.40. The van der Waals surface area contributed by atoms with Crippen molar-refractivity contribution in [2.75, 3.05) is 19.8 Å². The van der Waals surface area contributed by atoms with Gasteiger partial charge in [0.15, 0.2) is 0 Å². The van der Waals surface area contributed by atoms with Gasteiger partial charge in [0.1, 0.15) is 5.69 Å². The lowest BCUT2D eigenvalue weighted by atomic mass is 9.70. The molecule has 2 aliphatic rings. The van der Waals surface area contributed by atoms with E-state index in [1.807, 2.05) is 10.7 Å². The molecule has 1 saturated heterocycles. The van der Waals surface area contributed by atoms with Gasteiger partial charge in [0.2, 0.25) is 0 Å². The number of nitrogens with zero attached hydrogens (tertiary/aromatic N) is 2. The Morgan fingerprint density at radius 2 is 1.86 bits per heavy atom. The number of amides is 1. The topological polar surface area (TPSA) is 56.2 Å². The molecule has 5 nitrogen and oxygen atoms in total. The van der Waals surface area contributed by atoms with Crippen LogP contribution in [-0.2, 0) is 11.2 Å². The second-order valence-corrected chi connectivity index (χ2v) is 8.41. The van der Waals surface area contributed by atoms with E-state index in [0.717, 1.165) is 39.0 Å². The van der Waals surface area contributed by atoms with Gasteiger partial charge in [-0.25, -0.2) is 0 Å². The number of benzene rings is 1. The molecule has 2 fully saturated rings. The molecular weight excluding hydrogens is 350 g/mol. The summed E-state index contributed by atoms with van der Waals surface area (Å²) >= 11 is 0. The van der Waals surface area contributed by atoms with Gasteiger partial charge in [-0.1, -0.05) is 49.6 Å². The summed E-state index contributed by atoms with van der Waals surface area (Å²) in [6, 6.07) is 12.8. The van der Waals surface area contributed by atoms with E-state index in [9.17, 15) is 4.79 Å². The van der Waals surface area contributed by atoms with Gasteiger partial charge in [-0.15, -0.1) is 0 Å². The quantitative estimate of drug-likeness (QED) is 0.817. The normalized spacial score (nSPS) is 20.0. The summed E-state index contributed by atoms with van der Waals surface area (Å²) in [7, 11) is 0. The van der Waals surface area contributed by atoms with E-state index in [4.69, 9.17) is 4.74 Å². The predicted octanol–water partition coefficient (Wildman–Crippen LogP) is 4.16. The zero-order chi connectivity index (χ0) is 19.2. The van der Waals surface area contributed by atoms with Crippen molar-refractivity contribution in [3.63, 3.8) is 0 Å². The molecule has 4 rings (SSSR count). The number of nitrogens with one attached hydrogen (secondary N) is 1. The Hall–Kier alpha value is -2.14. The molecule has 1 aromatic heterocycles. The van der Waals surface area contributed by atoms with Crippen LogP contribution in [-0.4, -0.2) is 35.4 Å². The Morgan fingerprint density at radius 1 is 1.11 bits per heavy atom. The summed E-state index contributed by atoms with van der Waals surface area (Å²) in [6.07, 6.45) is 10.8. The molecule has 2 aromatic rings. The highest BCUT2D eigenvalue weighted by Gasteiger charge is 2.33. The van der Waals surface area contributed by atoms with Crippen molar-refractivity contribution in [1.82, 2.24) is 15.1 Å². The van der Waals surface area contributed by atoms with Crippen LogP contribution < -0.4 is 5.32 Å². The highest BCUT2D eigenvalue weighted by molar-refractivity contribution is 5.92. The lowest BCUT2D eigenvalue weighted by Crippen LogP contribution is -2.41.